The van der Waals surface area contributed by atoms with Crippen LogP contribution < -0.4 is 5.32 Å². The average Bonchev–Trinajstić information content (AvgIpc) is 2.72. The third-order valence-electron chi connectivity index (χ3n) is 2.46. The minimum absolute atomic E-state index is 0.280. The van der Waals surface area contributed by atoms with Gasteiger partial charge in [-0.2, -0.15) is 0 Å². The van der Waals surface area contributed by atoms with Crippen molar-refractivity contribution in [2.75, 3.05) is 13.1 Å². The zero-order valence-electron chi connectivity index (χ0n) is 7.16. The van der Waals surface area contributed by atoms with Gasteiger partial charge in [0, 0.05) is 12.5 Å². The van der Waals surface area contributed by atoms with Crippen LogP contribution in [0.3, 0.4) is 0 Å². The minimum atomic E-state index is -0.487. The summed E-state index contributed by atoms with van der Waals surface area (Å²) in [5, 5.41) is 13.1. The van der Waals surface area contributed by atoms with Crippen LogP contribution in [0, 0.1) is 5.92 Å². The number of rotatable bonds is 2. The molecule has 0 aromatic carbocycles. The Morgan fingerprint density at radius 3 is 3.08 bits per heavy atom. The fraction of sp³-hybridized carbons (Fsp3) is 0.556. The first-order valence-electron chi connectivity index (χ1n) is 4.40. The van der Waals surface area contributed by atoms with Gasteiger partial charge in [0.05, 0.1) is 10.7 Å². The highest BCUT2D eigenvalue weighted by Gasteiger charge is 2.27. The molecule has 0 spiro atoms. The summed E-state index contributed by atoms with van der Waals surface area (Å²) in [4.78, 5) is 0. The molecule has 0 saturated carbocycles. The summed E-state index contributed by atoms with van der Waals surface area (Å²) in [6.07, 6.45) is 2.11. The van der Waals surface area contributed by atoms with Crippen LogP contribution >= 0.6 is 15.9 Å². The van der Waals surface area contributed by atoms with Crippen molar-refractivity contribution in [1.82, 2.24) is 5.32 Å². The van der Waals surface area contributed by atoms with Gasteiger partial charge in [0.2, 0.25) is 0 Å². The summed E-state index contributed by atoms with van der Waals surface area (Å²) >= 11 is 3.34. The molecule has 2 rings (SSSR count). The van der Waals surface area contributed by atoms with Crippen molar-refractivity contribution in [2.24, 2.45) is 5.92 Å². The van der Waals surface area contributed by atoms with Crippen molar-refractivity contribution in [1.29, 1.82) is 0 Å². The molecule has 0 radical (unpaired) electrons. The Hall–Kier alpha value is -0.320. The number of furan rings is 1. The lowest BCUT2D eigenvalue weighted by atomic mass is 10.00. The van der Waals surface area contributed by atoms with Crippen LogP contribution in [0.25, 0.3) is 0 Å². The van der Waals surface area contributed by atoms with Gasteiger partial charge in [-0.15, -0.1) is 0 Å². The number of aliphatic hydroxyl groups excluding tert-OH is 1. The molecular weight excluding hydrogens is 234 g/mol. The predicted octanol–water partition coefficient (Wildman–Crippen LogP) is 1.68. The molecule has 1 unspecified atom stereocenters. The predicted molar refractivity (Wildman–Crippen MR) is 52.3 cm³/mol. The van der Waals surface area contributed by atoms with Crippen molar-refractivity contribution in [3.8, 4) is 0 Å². The third kappa shape index (κ3) is 1.80. The summed E-state index contributed by atoms with van der Waals surface area (Å²) in [6, 6.07) is 1.81. The molecule has 2 heterocycles. The summed E-state index contributed by atoms with van der Waals surface area (Å²) in [5.41, 5.74) is 0. The van der Waals surface area contributed by atoms with E-state index in [1.165, 1.54) is 0 Å². The molecule has 1 aromatic heterocycles. The van der Waals surface area contributed by atoms with Gasteiger partial charge in [0.1, 0.15) is 11.9 Å². The second-order valence-electron chi connectivity index (χ2n) is 3.33. The van der Waals surface area contributed by atoms with E-state index in [1.54, 1.807) is 12.3 Å². The van der Waals surface area contributed by atoms with E-state index in [-0.39, 0.29) is 5.92 Å². The van der Waals surface area contributed by atoms with Gasteiger partial charge >= 0.3 is 0 Å². The van der Waals surface area contributed by atoms with Gasteiger partial charge < -0.3 is 14.8 Å². The van der Waals surface area contributed by atoms with E-state index < -0.39 is 6.10 Å². The first kappa shape index (κ1) is 9.24. The lowest BCUT2D eigenvalue weighted by Crippen LogP contribution is -2.15. The van der Waals surface area contributed by atoms with Crippen LogP contribution in [0.4, 0.5) is 0 Å². The Labute approximate surface area is 85.3 Å². The van der Waals surface area contributed by atoms with Crippen molar-refractivity contribution in [3.63, 3.8) is 0 Å². The Morgan fingerprint density at radius 1 is 1.69 bits per heavy atom. The molecule has 3 nitrogen and oxygen atoms in total. The summed E-state index contributed by atoms with van der Waals surface area (Å²) in [7, 11) is 0. The Kier molecular flexibility index (Phi) is 2.71. The van der Waals surface area contributed by atoms with E-state index in [0.29, 0.717) is 5.76 Å². The molecule has 72 valence electrons. The van der Waals surface area contributed by atoms with E-state index in [4.69, 9.17) is 4.42 Å². The van der Waals surface area contributed by atoms with Crippen LogP contribution in [-0.2, 0) is 0 Å². The normalized spacial score (nSPS) is 24.9. The monoisotopic (exact) mass is 245 g/mol. The molecule has 1 aliphatic heterocycles. The van der Waals surface area contributed by atoms with Gasteiger partial charge in [0.15, 0.2) is 0 Å². The van der Waals surface area contributed by atoms with Crippen LogP contribution in [-0.4, -0.2) is 18.2 Å². The molecular formula is C9H12BrNO2. The van der Waals surface area contributed by atoms with Gasteiger partial charge in [-0.25, -0.2) is 0 Å². The SMILES string of the molecule is OC(c1occc1Br)[C@H]1CCNC1. The highest BCUT2D eigenvalue weighted by atomic mass is 79.9. The Morgan fingerprint density at radius 2 is 2.54 bits per heavy atom. The highest BCUT2D eigenvalue weighted by molar-refractivity contribution is 9.10. The maximum atomic E-state index is 9.93. The number of hydrogen-bond acceptors (Lipinski definition) is 3. The Balaban J connectivity index is 2.12. The van der Waals surface area contributed by atoms with Crippen LogP contribution in [0.15, 0.2) is 21.2 Å². The van der Waals surface area contributed by atoms with Gasteiger partial charge in [0.25, 0.3) is 0 Å². The summed E-state index contributed by atoms with van der Waals surface area (Å²) in [5.74, 6) is 0.927. The van der Waals surface area contributed by atoms with Crippen molar-refractivity contribution < 1.29 is 9.52 Å². The molecule has 4 heteroatoms. The molecule has 1 aromatic rings. The van der Waals surface area contributed by atoms with E-state index in [9.17, 15) is 5.11 Å². The number of hydrogen-bond donors (Lipinski definition) is 2. The quantitative estimate of drug-likeness (QED) is 0.834. The van der Waals surface area contributed by atoms with Gasteiger partial charge in [-0.05, 0) is 35.0 Å². The zero-order valence-corrected chi connectivity index (χ0v) is 8.75. The molecule has 13 heavy (non-hydrogen) atoms. The molecule has 1 saturated heterocycles. The lowest BCUT2D eigenvalue weighted by molar-refractivity contribution is 0.0938. The molecule has 1 fully saturated rings. The van der Waals surface area contributed by atoms with Gasteiger partial charge in [-0.3, -0.25) is 0 Å². The van der Waals surface area contributed by atoms with Crippen LogP contribution in [0.1, 0.15) is 18.3 Å². The van der Waals surface area contributed by atoms with E-state index in [0.717, 1.165) is 24.0 Å². The molecule has 0 amide bonds. The van der Waals surface area contributed by atoms with E-state index in [1.807, 2.05) is 0 Å². The summed E-state index contributed by atoms with van der Waals surface area (Å²) < 4.78 is 6.07. The summed E-state index contributed by atoms with van der Waals surface area (Å²) in [6.45, 7) is 1.86. The van der Waals surface area contributed by atoms with Gasteiger partial charge in [-0.1, -0.05) is 0 Å². The van der Waals surface area contributed by atoms with E-state index >= 15 is 0 Å². The molecule has 2 atom stereocenters. The fourth-order valence-electron chi connectivity index (χ4n) is 1.68. The standard InChI is InChI=1S/C9H12BrNO2/c10-7-2-4-13-9(7)8(12)6-1-3-11-5-6/h2,4,6,8,11-12H,1,3,5H2/t6-,8?/m0/s1. The maximum Gasteiger partial charge on any atom is 0.146 e. The average molecular weight is 246 g/mol. The fourth-order valence-corrected chi connectivity index (χ4v) is 2.11. The number of nitrogens with one attached hydrogen (secondary N) is 1. The third-order valence-corrected chi connectivity index (χ3v) is 3.11. The smallest absolute Gasteiger partial charge is 0.146 e. The number of halogens is 1. The van der Waals surface area contributed by atoms with Crippen LogP contribution in [0.5, 0.6) is 0 Å². The van der Waals surface area contributed by atoms with Crippen molar-refractivity contribution >= 4 is 15.9 Å². The highest BCUT2D eigenvalue weighted by Crippen LogP contribution is 2.31. The van der Waals surface area contributed by atoms with Crippen LogP contribution in [0.2, 0.25) is 0 Å². The minimum Gasteiger partial charge on any atom is -0.465 e. The molecule has 0 aliphatic carbocycles. The molecule has 2 N–H and O–H groups in total. The topological polar surface area (TPSA) is 45.4 Å². The largest absolute Gasteiger partial charge is 0.465 e. The lowest BCUT2D eigenvalue weighted by Gasteiger charge is -2.14. The van der Waals surface area contributed by atoms with Crippen molar-refractivity contribution in [3.05, 3.63) is 22.6 Å². The van der Waals surface area contributed by atoms with E-state index in [2.05, 4.69) is 21.2 Å². The zero-order chi connectivity index (χ0) is 9.26. The molecule has 1 aliphatic rings. The first-order valence-corrected chi connectivity index (χ1v) is 5.20. The first-order chi connectivity index (χ1) is 6.29. The van der Waals surface area contributed by atoms with Crippen molar-refractivity contribution in [2.45, 2.75) is 12.5 Å². The molecule has 0 bridgehead atoms. The second-order valence-corrected chi connectivity index (χ2v) is 4.18. The Bertz CT molecular complexity index is 281. The maximum absolute atomic E-state index is 9.93. The second kappa shape index (κ2) is 3.82. The number of aliphatic hydroxyl groups is 1.